The third-order valence-electron chi connectivity index (χ3n) is 3.33. The van der Waals surface area contributed by atoms with Gasteiger partial charge in [-0.15, -0.1) is 0 Å². The summed E-state index contributed by atoms with van der Waals surface area (Å²) in [7, 11) is 1.86. The molecule has 0 spiro atoms. The minimum Gasteiger partial charge on any atom is -0.478 e. The molecule has 0 aromatic carbocycles. The van der Waals surface area contributed by atoms with Crippen molar-refractivity contribution in [2.45, 2.75) is 13.8 Å². The van der Waals surface area contributed by atoms with E-state index in [9.17, 15) is 4.79 Å². The lowest BCUT2D eigenvalue weighted by atomic mass is 10.3. The molecule has 1 amide bonds. The number of nitrogens with one attached hydrogen (secondary N) is 1. The highest BCUT2D eigenvalue weighted by atomic mass is 16.5. The average molecular weight is 293 g/mol. The molecular formula is C14H23N5O2. The number of nitrogens with zero attached hydrogens (tertiary/aromatic N) is 4. The quantitative estimate of drug-likeness (QED) is 0.827. The zero-order valence-electron chi connectivity index (χ0n) is 12.9. The molecule has 1 aromatic heterocycles. The van der Waals surface area contributed by atoms with Crippen LogP contribution < -0.4 is 15.0 Å². The first-order chi connectivity index (χ1) is 10.1. The number of aryl methyl sites for hydroxylation is 1. The van der Waals surface area contributed by atoms with E-state index >= 15 is 0 Å². The van der Waals surface area contributed by atoms with Gasteiger partial charge >= 0.3 is 0 Å². The van der Waals surface area contributed by atoms with Crippen LogP contribution in [-0.2, 0) is 4.79 Å². The van der Waals surface area contributed by atoms with Crippen molar-refractivity contribution in [1.82, 2.24) is 20.2 Å². The molecule has 7 nitrogen and oxygen atoms in total. The largest absolute Gasteiger partial charge is 0.478 e. The molecule has 7 heteroatoms. The smallest absolute Gasteiger partial charge is 0.242 e. The predicted octanol–water partition coefficient (Wildman–Crippen LogP) is 0.0517. The summed E-state index contributed by atoms with van der Waals surface area (Å²) >= 11 is 0. The highest BCUT2D eigenvalue weighted by Gasteiger charge is 2.18. The summed E-state index contributed by atoms with van der Waals surface area (Å²) in [5.41, 5.74) is 0. The van der Waals surface area contributed by atoms with Crippen LogP contribution in [0.2, 0.25) is 0 Å². The van der Waals surface area contributed by atoms with E-state index in [2.05, 4.69) is 15.3 Å². The lowest BCUT2D eigenvalue weighted by molar-refractivity contribution is -0.130. The van der Waals surface area contributed by atoms with Crippen LogP contribution in [0, 0.1) is 6.92 Å². The van der Waals surface area contributed by atoms with Crippen molar-refractivity contribution in [3.05, 3.63) is 11.9 Å². The summed E-state index contributed by atoms with van der Waals surface area (Å²) in [6.45, 7) is 7.83. The summed E-state index contributed by atoms with van der Waals surface area (Å²) in [6.07, 6.45) is 0. The van der Waals surface area contributed by atoms with Crippen molar-refractivity contribution >= 4 is 11.7 Å². The third-order valence-corrected chi connectivity index (χ3v) is 3.33. The third kappa shape index (κ3) is 4.29. The minimum absolute atomic E-state index is 0.119. The number of anilines is 1. The fourth-order valence-electron chi connectivity index (χ4n) is 2.24. The van der Waals surface area contributed by atoms with Crippen LogP contribution in [0.15, 0.2) is 6.07 Å². The Morgan fingerprint density at radius 2 is 2.14 bits per heavy atom. The second kappa shape index (κ2) is 7.21. The van der Waals surface area contributed by atoms with E-state index in [1.54, 1.807) is 6.07 Å². The van der Waals surface area contributed by atoms with Crippen LogP contribution >= 0.6 is 0 Å². The number of piperazine rings is 1. The second-order valence-electron chi connectivity index (χ2n) is 5.03. The monoisotopic (exact) mass is 293 g/mol. The van der Waals surface area contributed by atoms with E-state index in [0.29, 0.717) is 30.7 Å². The lowest BCUT2D eigenvalue weighted by Gasteiger charge is -2.29. The van der Waals surface area contributed by atoms with Crippen LogP contribution in [0.1, 0.15) is 12.7 Å². The SMILES string of the molecule is CCOc1cc(N(C)CC(=O)N2CCNCC2)nc(C)n1. The molecule has 0 atom stereocenters. The van der Waals surface area contributed by atoms with Crippen LogP contribution in [0.5, 0.6) is 5.88 Å². The summed E-state index contributed by atoms with van der Waals surface area (Å²) in [6, 6.07) is 1.77. The number of hydrogen-bond donors (Lipinski definition) is 1. The molecule has 1 aliphatic heterocycles. The van der Waals surface area contributed by atoms with Crippen LogP contribution in [-0.4, -0.2) is 67.2 Å². The molecule has 0 bridgehead atoms. The van der Waals surface area contributed by atoms with Crippen LogP contribution in [0.4, 0.5) is 5.82 Å². The van der Waals surface area contributed by atoms with Crippen LogP contribution in [0.3, 0.4) is 0 Å². The Labute approximate surface area is 125 Å². The first-order valence-electron chi connectivity index (χ1n) is 7.28. The van der Waals surface area contributed by atoms with Crippen LogP contribution in [0.25, 0.3) is 0 Å². The number of likely N-dealkylation sites (N-methyl/N-ethyl adjacent to an activating group) is 1. The summed E-state index contributed by atoms with van der Waals surface area (Å²) in [5.74, 6) is 2.00. The second-order valence-corrected chi connectivity index (χ2v) is 5.03. The van der Waals surface area contributed by atoms with Crippen molar-refractivity contribution < 1.29 is 9.53 Å². The van der Waals surface area contributed by atoms with Crippen molar-refractivity contribution in [3.8, 4) is 5.88 Å². The molecule has 0 aliphatic carbocycles. The molecule has 0 saturated carbocycles. The Bertz CT molecular complexity index is 488. The van der Waals surface area contributed by atoms with Gasteiger partial charge in [-0.1, -0.05) is 0 Å². The molecular weight excluding hydrogens is 270 g/mol. The van der Waals surface area contributed by atoms with Gasteiger partial charge in [0.1, 0.15) is 11.6 Å². The molecule has 2 heterocycles. The Morgan fingerprint density at radius 3 is 2.81 bits per heavy atom. The van der Waals surface area contributed by atoms with Gasteiger partial charge in [0.05, 0.1) is 13.2 Å². The molecule has 21 heavy (non-hydrogen) atoms. The molecule has 1 N–H and O–H groups in total. The van der Waals surface area contributed by atoms with E-state index in [1.165, 1.54) is 0 Å². The van der Waals surface area contributed by atoms with Crippen molar-refractivity contribution in [1.29, 1.82) is 0 Å². The van der Waals surface area contributed by atoms with Gasteiger partial charge in [0.25, 0.3) is 0 Å². The first kappa shape index (κ1) is 15.5. The predicted molar refractivity (Wildman–Crippen MR) is 80.7 cm³/mol. The zero-order chi connectivity index (χ0) is 15.2. The van der Waals surface area contributed by atoms with Gasteiger partial charge < -0.3 is 19.9 Å². The van der Waals surface area contributed by atoms with E-state index in [0.717, 1.165) is 26.2 Å². The fourth-order valence-corrected chi connectivity index (χ4v) is 2.24. The van der Waals surface area contributed by atoms with Gasteiger partial charge in [0, 0.05) is 39.3 Å². The van der Waals surface area contributed by atoms with Crippen molar-refractivity contribution in [2.24, 2.45) is 0 Å². The summed E-state index contributed by atoms with van der Waals surface area (Å²) in [4.78, 5) is 24.6. The number of aromatic nitrogens is 2. The van der Waals surface area contributed by atoms with Gasteiger partial charge in [-0.2, -0.15) is 4.98 Å². The Balaban J connectivity index is 2.01. The van der Waals surface area contributed by atoms with E-state index < -0.39 is 0 Å². The van der Waals surface area contributed by atoms with Crippen molar-refractivity contribution in [3.63, 3.8) is 0 Å². The normalized spacial score (nSPS) is 14.9. The number of ether oxygens (including phenoxy) is 1. The maximum Gasteiger partial charge on any atom is 0.242 e. The highest BCUT2D eigenvalue weighted by Crippen LogP contribution is 2.16. The zero-order valence-corrected chi connectivity index (χ0v) is 12.9. The number of carbonyl (C=O) groups is 1. The van der Waals surface area contributed by atoms with E-state index in [1.807, 2.05) is 30.7 Å². The standard InChI is InChI=1S/C14H23N5O2/c1-4-21-13-9-12(16-11(2)17-13)18(3)10-14(20)19-7-5-15-6-8-19/h9,15H,4-8,10H2,1-3H3. The number of carbonyl (C=O) groups excluding carboxylic acids is 1. The van der Waals surface area contributed by atoms with Crippen molar-refractivity contribution in [2.75, 3.05) is 51.3 Å². The molecule has 116 valence electrons. The topological polar surface area (TPSA) is 70.6 Å². The summed E-state index contributed by atoms with van der Waals surface area (Å²) < 4.78 is 5.42. The first-order valence-corrected chi connectivity index (χ1v) is 7.28. The Kier molecular flexibility index (Phi) is 5.32. The fraction of sp³-hybridized carbons (Fsp3) is 0.643. The highest BCUT2D eigenvalue weighted by molar-refractivity contribution is 5.81. The summed E-state index contributed by atoms with van der Waals surface area (Å²) in [5, 5.41) is 3.24. The molecule has 1 saturated heterocycles. The average Bonchev–Trinajstić information content (AvgIpc) is 2.48. The lowest BCUT2D eigenvalue weighted by Crippen LogP contribution is -2.49. The van der Waals surface area contributed by atoms with Gasteiger partial charge in [0.2, 0.25) is 11.8 Å². The van der Waals surface area contributed by atoms with Gasteiger partial charge in [0.15, 0.2) is 0 Å². The molecule has 1 fully saturated rings. The number of amides is 1. The number of rotatable bonds is 5. The minimum atomic E-state index is 0.119. The molecule has 2 rings (SSSR count). The van der Waals surface area contributed by atoms with Gasteiger partial charge in [-0.05, 0) is 13.8 Å². The molecule has 1 aliphatic rings. The Morgan fingerprint density at radius 1 is 1.43 bits per heavy atom. The van der Waals surface area contributed by atoms with E-state index in [-0.39, 0.29) is 5.91 Å². The van der Waals surface area contributed by atoms with E-state index in [4.69, 9.17) is 4.74 Å². The molecule has 0 radical (unpaired) electrons. The maximum atomic E-state index is 12.3. The maximum absolute atomic E-state index is 12.3. The van der Waals surface area contributed by atoms with Gasteiger partial charge in [-0.25, -0.2) is 4.98 Å². The molecule has 1 aromatic rings. The van der Waals surface area contributed by atoms with Gasteiger partial charge in [-0.3, -0.25) is 4.79 Å². The Hall–Kier alpha value is -1.89. The molecule has 0 unspecified atom stereocenters. The number of hydrogen-bond acceptors (Lipinski definition) is 6.